The van der Waals surface area contributed by atoms with Crippen LogP contribution < -0.4 is 0 Å². The average molecular weight is 290 g/mol. The van der Waals surface area contributed by atoms with E-state index >= 15 is 0 Å². The van der Waals surface area contributed by atoms with Gasteiger partial charge in [0.25, 0.3) is 0 Å². The molecular formula is C14H14N2O3S. The lowest BCUT2D eigenvalue weighted by molar-refractivity contribution is 0.0591. The number of esters is 1. The van der Waals surface area contributed by atoms with Gasteiger partial charge >= 0.3 is 5.97 Å². The molecule has 0 fully saturated rings. The number of thiazole rings is 1. The summed E-state index contributed by atoms with van der Waals surface area (Å²) in [6.07, 6.45) is 1.73. The predicted molar refractivity (Wildman–Crippen MR) is 76.2 cm³/mol. The molecule has 0 saturated heterocycles. The number of methoxy groups -OCH3 is 1. The van der Waals surface area contributed by atoms with Crippen molar-refractivity contribution in [1.29, 1.82) is 0 Å². The quantitative estimate of drug-likeness (QED) is 0.642. The summed E-state index contributed by atoms with van der Waals surface area (Å²) in [4.78, 5) is 32.1. The number of ketones is 1. The summed E-state index contributed by atoms with van der Waals surface area (Å²) in [5.74, 6) is -0.818. The Hall–Kier alpha value is -2.08. The monoisotopic (exact) mass is 290 g/mol. The Morgan fingerprint density at radius 2 is 2.00 bits per heavy atom. The van der Waals surface area contributed by atoms with Crippen LogP contribution in [0.2, 0.25) is 0 Å². The summed E-state index contributed by atoms with van der Waals surface area (Å²) < 4.78 is 4.66. The molecule has 0 radical (unpaired) electrons. The number of Topliss-reactive ketones (excluding diaryl/α,β-unsaturated/α-hetero) is 1. The number of aryl methyl sites for hydroxylation is 2. The average Bonchev–Trinajstić information content (AvgIpc) is 2.82. The van der Waals surface area contributed by atoms with Crippen molar-refractivity contribution in [2.45, 2.75) is 20.8 Å². The Balaban J connectivity index is 2.58. The van der Waals surface area contributed by atoms with E-state index in [1.165, 1.54) is 14.0 Å². The van der Waals surface area contributed by atoms with Crippen LogP contribution in [0.15, 0.2) is 12.3 Å². The zero-order chi connectivity index (χ0) is 14.9. The van der Waals surface area contributed by atoms with E-state index < -0.39 is 5.97 Å². The fourth-order valence-electron chi connectivity index (χ4n) is 1.83. The van der Waals surface area contributed by atoms with Gasteiger partial charge in [-0.1, -0.05) is 6.07 Å². The lowest BCUT2D eigenvalue weighted by Gasteiger charge is -2.01. The second-order valence-electron chi connectivity index (χ2n) is 4.42. The van der Waals surface area contributed by atoms with Crippen LogP contribution in [0.4, 0.5) is 0 Å². The second kappa shape index (κ2) is 5.50. The number of rotatable bonds is 3. The first-order valence-corrected chi connectivity index (χ1v) is 6.79. The summed E-state index contributed by atoms with van der Waals surface area (Å²) in [6.45, 7) is 5.27. The van der Waals surface area contributed by atoms with Gasteiger partial charge in [0, 0.05) is 13.1 Å². The molecule has 2 heterocycles. The van der Waals surface area contributed by atoms with Gasteiger partial charge in [-0.15, -0.1) is 11.3 Å². The van der Waals surface area contributed by atoms with Gasteiger partial charge in [-0.2, -0.15) is 0 Å². The summed E-state index contributed by atoms with van der Waals surface area (Å²) in [5.41, 5.74) is 2.73. The molecule has 0 bridgehead atoms. The lowest BCUT2D eigenvalue weighted by atomic mass is 10.2. The molecule has 0 amide bonds. The van der Waals surface area contributed by atoms with E-state index in [9.17, 15) is 9.59 Å². The largest absolute Gasteiger partial charge is 0.464 e. The van der Waals surface area contributed by atoms with Crippen LogP contribution in [0.1, 0.15) is 38.2 Å². The molecular weight excluding hydrogens is 276 g/mol. The summed E-state index contributed by atoms with van der Waals surface area (Å²) in [7, 11) is 1.26. The third-order valence-electron chi connectivity index (χ3n) is 2.74. The van der Waals surface area contributed by atoms with Crippen LogP contribution in [0.3, 0.4) is 0 Å². The van der Waals surface area contributed by atoms with Gasteiger partial charge in [0.05, 0.1) is 7.11 Å². The molecule has 0 unspecified atom stereocenters. The Morgan fingerprint density at radius 1 is 1.30 bits per heavy atom. The first kappa shape index (κ1) is 14.3. The summed E-state index contributed by atoms with van der Waals surface area (Å²) >= 11 is 1.16. The molecule has 0 N–H and O–H groups in total. The Kier molecular flexibility index (Phi) is 3.94. The highest BCUT2D eigenvalue weighted by Crippen LogP contribution is 2.29. The first-order chi connectivity index (χ1) is 9.43. The normalized spacial score (nSPS) is 10.4. The van der Waals surface area contributed by atoms with Crippen molar-refractivity contribution in [2.75, 3.05) is 7.11 Å². The van der Waals surface area contributed by atoms with Gasteiger partial charge in [0.1, 0.15) is 15.6 Å². The minimum atomic E-state index is -0.609. The molecule has 20 heavy (non-hydrogen) atoms. The molecule has 2 aromatic rings. The molecule has 2 rings (SSSR count). The van der Waals surface area contributed by atoms with Gasteiger partial charge in [-0.05, 0) is 25.0 Å². The van der Waals surface area contributed by atoms with E-state index in [4.69, 9.17) is 0 Å². The molecule has 0 spiro atoms. The third kappa shape index (κ3) is 2.60. The van der Waals surface area contributed by atoms with Gasteiger partial charge in [0.15, 0.2) is 11.5 Å². The van der Waals surface area contributed by atoms with E-state index in [1.807, 2.05) is 19.9 Å². The smallest absolute Gasteiger partial charge is 0.358 e. The van der Waals surface area contributed by atoms with Crippen LogP contribution in [0.25, 0.3) is 10.7 Å². The standard InChI is InChI=1S/C14H14N2O3S/c1-7-5-8(2)10(15-6-7)13-16-11(14(18)19-4)12(20-13)9(3)17/h5-6H,1-4H3. The Bertz CT molecular complexity index is 692. The Morgan fingerprint density at radius 3 is 2.55 bits per heavy atom. The zero-order valence-electron chi connectivity index (χ0n) is 11.7. The van der Waals surface area contributed by atoms with Gasteiger partial charge in [-0.25, -0.2) is 9.78 Å². The van der Waals surface area contributed by atoms with Crippen LogP contribution in [-0.2, 0) is 4.74 Å². The zero-order valence-corrected chi connectivity index (χ0v) is 12.5. The molecule has 0 aliphatic rings. The van der Waals surface area contributed by atoms with Crippen molar-refractivity contribution in [1.82, 2.24) is 9.97 Å². The number of carbonyl (C=O) groups is 2. The highest BCUT2D eigenvalue weighted by atomic mass is 32.1. The minimum absolute atomic E-state index is 0.0572. The van der Waals surface area contributed by atoms with Crippen molar-refractivity contribution in [3.8, 4) is 10.7 Å². The van der Waals surface area contributed by atoms with Gasteiger partial charge < -0.3 is 4.74 Å². The van der Waals surface area contributed by atoms with Gasteiger partial charge in [0.2, 0.25) is 0 Å². The molecule has 0 aliphatic carbocycles. The van der Waals surface area contributed by atoms with E-state index in [0.29, 0.717) is 15.6 Å². The fourth-order valence-corrected chi connectivity index (χ4v) is 2.84. The maximum Gasteiger partial charge on any atom is 0.358 e. The molecule has 0 aromatic carbocycles. The molecule has 104 valence electrons. The number of hydrogen-bond acceptors (Lipinski definition) is 6. The highest BCUT2D eigenvalue weighted by molar-refractivity contribution is 7.17. The topological polar surface area (TPSA) is 69.2 Å². The summed E-state index contributed by atoms with van der Waals surface area (Å²) in [5, 5.41) is 0.549. The molecule has 0 aliphatic heterocycles. The van der Waals surface area contributed by atoms with Crippen molar-refractivity contribution in [3.63, 3.8) is 0 Å². The first-order valence-electron chi connectivity index (χ1n) is 5.97. The number of ether oxygens (including phenoxy) is 1. The van der Waals surface area contributed by atoms with Crippen molar-refractivity contribution in [2.24, 2.45) is 0 Å². The maximum atomic E-state index is 11.7. The number of nitrogens with zero attached hydrogens (tertiary/aromatic N) is 2. The molecule has 0 saturated carbocycles. The van der Waals surface area contributed by atoms with E-state index in [-0.39, 0.29) is 11.5 Å². The summed E-state index contributed by atoms with van der Waals surface area (Å²) in [6, 6.07) is 1.98. The van der Waals surface area contributed by atoms with Gasteiger partial charge in [-0.3, -0.25) is 9.78 Å². The molecule has 6 heteroatoms. The third-order valence-corrected chi connectivity index (χ3v) is 3.91. The van der Waals surface area contributed by atoms with Crippen molar-refractivity contribution >= 4 is 23.1 Å². The van der Waals surface area contributed by atoms with Crippen LogP contribution >= 0.6 is 11.3 Å². The van der Waals surface area contributed by atoms with Crippen LogP contribution in [0.5, 0.6) is 0 Å². The van der Waals surface area contributed by atoms with Crippen molar-refractivity contribution < 1.29 is 14.3 Å². The molecule has 5 nitrogen and oxygen atoms in total. The highest BCUT2D eigenvalue weighted by Gasteiger charge is 2.23. The number of aromatic nitrogens is 2. The number of pyridine rings is 1. The number of hydrogen-bond donors (Lipinski definition) is 0. The van der Waals surface area contributed by atoms with E-state index in [1.54, 1.807) is 6.20 Å². The SMILES string of the molecule is COC(=O)c1nc(-c2ncc(C)cc2C)sc1C(C)=O. The predicted octanol–water partition coefficient (Wildman–Crippen LogP) is 2.81. The van der Waals surface area contributed by atoms with Crippen LogP contribution in [-0.4, -0.2) is 28.8 Å². The van der Waals surface area contributed by atoms with Crippen molar-refractivity contribution in [3.05, 3.63) is 34.0 Å². The van der Waals surface area contributed by atoms with Crippen LogP contribution in [0, 0.1) is 13.8 Å². The molecule has 0 atom stereocenters. The Labute approximate surface area is 120 Å². The van der Waals surface area contributed by atoms with E-state index in [0.717, 1.165) is 22.5 Å². The molecule has 2 aromatic heterocycles. The number of carbonyl (C=O) groups excluding carboxylic acids is 2. The lowest BCUT2D eigenvalue weighted by Crippen LogP contribution is -2.07. The minimum Gasteiger partial charge on any atom is -0.464 e. The second-order valence-corrected chi connectivity index (χ2v) is 5.42. The maximum absolute atomic E-state index is 11.7. The van der Waals surface area contributed by atoms with E-state index in [2.05, 4.69) is 14.7 Å². The fraction of sp³-hybridized carbons (Fsp3) is 0.286.